The topological polar surface area (TPSA) is 59.1 Å². The fourth-order valence-corrected chi connectivity index (χ4v) is 2.69. The predicted molar refractivity (Wildman–Crippen MR) is 67.5 cm³/mol. The van der Waals surface area contributed by atoms with Gasteiger partial charge < -0.3 is 10.8 Å². The van der Waals surface area contributed by atoms with Crippen LogP contribution in [0.15, 0.2) is 36.5 Å². The van der Waals surface area contributed by atoms with Gasteiger partial charge in [0, 0.05) is 17.6 Å². The molecule has 1 fully saturated rings. The molecule has 1 aliphatic rings. The Bertz CT molecular complexity index is 555. The molecule has 0 aliphatic heterocycles. The Morgan fingerprint density at radius 3 is 3.00 bits per heavy atom. The van der Waals surface area contributed by atoms with Crippen LogP contribution in [-0.4, -0.2) is 16.1 Å². The van der Waals surface area contributed by atoms with Crippen molar-refractivity contribution >= 4 is 10.9 Å². The summed E-state index contributed by atoms with van der Waals surface area (Å²) in [4.78, 5) is 4.28. The van der Waals surface area contributed by atoms with Crippen molar-refractivity contribution in [3.63, 3.8) is 0 Å². The second-order valence-electron chi connectivity index (χ2n) is 4.95. The molecule has 3 nitrogen and oxygen atoms in total. The van der Waals surface area contributed by atoms with Crippen molar-refractivity contribution in [3.8, 4) is 0 Å². The molecule has 2 unspecified atom stereocenters. The van der Waals surface area contributed by atoms with Crippen molar-refractivity contribution in [1.82, 2.24) is 4.98 Å². The number of hydrogen-bond donors (Lipinski definition) is 2. The maximum atomic E-state index is 10.6. The summed E-state index contributed by atoms with van der Waals surface area (Å²) in [5.41, 5.74) is 7.07. The molecule has 2 atom stereocenters. The zero-order valence-corrected chi connectivity index (χ0v) is 9.63. The first kappa shape index (κ1) is 10.7. The fourth-order valence-electron chi connectivity index (χ4n) is 2.69. The quantitative estimate of drug-likeness (QED) is 0.784. The lowest BCUT2D eigenvalue weighted by atomic mass is 9.91. The lowest BCUT2D eigenvalue weighted by molar-refractivity contribution is 0.0432. The molecule has 1 saturated carbocycles. The van der Waals surface area contributed by atoms with Gasteiger partial charge in [-0.3, -0.25) is 4.98 Å². The van der Waals surface area contributed by atoms with Gasteiger partial charge in [0.1, 0.15) is 0 Å². The van der Waals surface area contributed by atoms with E-state index in [-0.39, 0.29) is 6.04 Å². The highest BCUT2D eigenvalue weighted by Gasteiger charge is 2.37. The minimum atomic E-state index is -0.747. The van der Waals surface area contributed by atoms with Gasteiger partial charge >= 0.3 is 0 Å². The molecule has 1 aliphatic carbocycles. The standard InChI is InChI=1S/C14H16N2O/c15-12-5-6-14(17,9-12)11-3-4-13-10(8-11)2-1-7-16-13/h1-4,7-8,12,17H,5-6,9,15H2. The molecule has 2 aromatic rings. The van der Waals surface area contributed by atoms with Crippen molar-refractivity contribution in [2.45, 2.75) is 30.9 Å². The van der Waals surface area contributed by atoms with Crippen molar-refractivity contribution in [2.75, 3.05) is 0 Å². The Labute approximate surface area is 100 Å². The van der Waals surface area contributed by atoms with E-state index in [2.05, 4.69) is 4.98 Å². The Hall–Kier alpha value is -1.45. The van der Waals surface area contributed by atoms with Gasteiger partial charge in [-0.05, 0) is 43.0 Å². The third-order valence-electron chi connectivity index (χ3n) is 3.67. The molecule has 0 bridgehead atoms. The van der Waals surface area contributed by atoms with Gasteiger partial charge in [-0.25, -0.2) is 0 Å². The lowest BCUT2D eigenvalue weighted by Gasteiger charge is -2.23. The minimum absolute atomic E-state index is 0.115. The van der Waals surface area contributed by atoms with E-state index in [0.29, 0.717) is 6.42 Å². The summed E-state index contributed by atoms with van der Waals surface area (Å²) in [7, 11) is 0. The Morgan fingerprint density at radius 1 is 1.35 bits per heavy atom. The number of aliphatic hydroxyl groups is 1. The monoisotopic (exact) mass is 228 g/mol. The number of rotatable bonds is 1. The molecular weight excluding hydrogens is 212 g/mol. The summed E-state index contributed by atoms with van der Waals surface area (Å²) < 4.78 is 0. The van der Waals surface area contributed by atoms with Gasteiger partial charge in [0.2, 0.25) is 0 Å². The lowest BCUT2D eigenvalue weighted by Crippen LogP contribution is -2.25. The zero-order valence-electron chi connectivity index (χ0n) is 9.63. The first-order valence-electron chi connectivity index (χ1n) is 6.01. The van der Waals surface area contributed by atoms with Crippen molar-refractivity contribution in [2.24, 2.45) is 5.73 Å². The highest BCUT2D eigenvalue weighted by molar-refractivity contribution is 5.79. The number of pyridine rings is 1. The molecule has 0 radical (unpaired) electrons. The van der Waals surface area contributed by atoms with Crippen LogP contribution in [0.5, 0.6) is 0 Å². The summed E-state index contributed by atoms with van der Waals surface area (Å²) in [6, 6.07) is 10.0. The van der Waals surface area contributed by atoms with Crippen LogP contribution in [0, 0.1) is 0 Å². The van der Waals surface area contributed by atoms with E-state index in [1.165, 1.54) is 0 Å². The molecule has 0 saturated heterocycles. The molecule has 0 spiro atoms. The van der Waals surface area contributed by atoms with Crippen molar-refractivity contribution < 1.29 is 5.11 Å². The van der Waals surface area contributed by atoms with E-state index in [0.717, 1.165) is 29.3 Å². The van der Waals surface area contributed by atoms with Gasteiger partial charge in [-0.15, -0.1) is 0 Å². The smallest absolute Gasteiger partial charge is 0.0912 e. The van der Waals surface area contributed by atoms with Crippen LogP contribution in [-0.2, 0) is 5.60 Å². The van der Waals surface area contributed by atoms with E-state index in [1.807, 2.05) is 30.3 Å². The molecule has 17 heavy (non-hydrogen) atoms. The van der Waals surface area contributed by atoms with E-state index in [9.17, 15) is 5.11 Å². The average molecular weight is 228 g/mol. The normalized spacial score (nSPS) is 28.7. The summed E-state index contributed by atoms with van der Waals surface area (Å²) in [6.45, 7) is 0. The largest absolute Gasteiger partial charge is 0.385 e. The van der Waals surface area contributed by atoms with Crippen LogP contribution >= 0.6 is 0 Å². The van der Waals surface area contributed by atoms with E-state index < -0.39 is 5.60 Å². The van der Waals surface area contributed by atoms with Crippen LogP contribution in [0.3, 0.4) is 0 Å². The summed E-state index contributed by atoms with van der Waals surface area (Å²) in [6.07, 6.45) is 4.07. The third kappa shape index (κ3) is 1.81. The van der Waals surface area contributed by atoms with Gasteiger partial charge in [-0.2, -0.15) is 0 Å². The molecule has 1 heterocycles. The highest BCUT2D eigenvalue weighted by atomic mass is 16.3. The van der Waals surface area contributed by atoms with Crippen LogP contribution < -0.4 is 5.73 Å². The molecule has 88 valence electrons. The number of benzene rings is 1. The Kier molecular flexibility index (Phi) is 2.38. The second kappa shape index (κ2) is 3.79. The average Bonchev–Trinajstić information content (AvgIpc) is 2.70. The van der Waals surface area contributed by atoms with Gasteiger partial charge in [0.05, 0.1) is 11.1 Å². The summed E-state index contributed by atoms with van der Waals surface area (Å²) in [5.74, 6) is 0. The van der Waals surface area contributed by atoms with Gasteiger partial charge in [0.25, 0.3) is 0 Å². The van der Waals surface area contributed by atoms with E-state index in [4.69, 9.17) is 5.73 Å². The number of aromatic nitrogens is 1. The maximum Gasteiger partial charge on any atom is 0.0912 e. The van der Waals surface area contributed by atoms with Crippen molar-refractivity contribution in [1.29, 1.82) is 0 Å². The van der Waals surface area contributed by atoms with Crippen molar-refractivity contribution in [3.05, 3.63) is 42.1 Å². The van der Waals surface area contributed by atoms with Crippen LogP contribution in [0.4, 0.5) is 0 Å². The molecular formula is C14H16N2O. The third-order valence-corrected chi connectivity index (χ3v) is 3.67. The molecule has 3 heteroatoms. The Balaban J connectivity index is 2.06. The summed E-state index contributed by atoms with van der Waals surface area (Å²) in [5, 5.41) is 11.7. The van der Waals surface area contributed by atoms with Crippen LogP contribution in [0.1, 0.15) is 24.8 Å². The maximum absolute atomic E-state index is 10.6. The molecule has 1 aromatic carbocycles. The van der Waals surface area contributed by atoms with E-state index >= 15 is 0 Å². The predicted octanol–water partition coefficient (Wildman–Crippen LogP) is 1.93. The molecule has 1 aromatic heterocycles. The minimum Gasteiger partial charge on any atom is -0.385 e. The number of hydrogen-bond acceptors (Lipinski definition) is 3. The molecule has 3 rings (SSSR count). The van der Waals surface area contributed by atoms with Gasteiger partial charge in [0.15, 0.2) is 0 Å². The molecule has 3 N–H and O–H groups in total. The Morgan fingerprint density at radius 2 is 2.24 bits per heavy atom. The van der Waals surface area contributed by atoms with Crippen LogP contribution in [0.25, 0.3) is 10.9 Å². The van der Waals surface area contributed by atoms with Crippen LogP contribution in [0.2, 0.25) is 0 Å². The SMILES string of the molecule is NC1CCC(O)(c2ccc3ncccc3c2)C1. The molecule has 0 amide bonds. The summed E-state index contributed by atoms with van der Waals surface area (Å²) >= 11 is 0. The number of nitrogens with two attached hydrogens (primary N) is 1. The number of nitrogens with zero attached hydrogens (tertiary/aromatic N) is 1. The second-order valence-corrected chi connectivity index (χ2v) is 4.95. The first-order chi connectivity index (χ1) is 8.17. The van der Waals surface area contributed by atoms with Gasteiger partial charge in [-0.1, -0.05) is 12.1 Å². The fraction of sp³-hybridized carbons (Fsp3) is 0.357. The number of fused-ring (bicyclic) bond motifs is 1. The van der Waals surface area contributed by atoms with E-state index in [1.54, 1.807) is 6.20 Å². The zero-order chi connectivity index (χ0) is 11.9. The first-order valence-corrected chi connectivity index (χ1v) is 6.01. The highest BCUT2D eigenvalue weighted by Crippen LogP contribution is 2.38.